The number of ketones is 1. The van der Waals surface area contributed by atoms with Gasteiger partial charge >= 0.3 is 161 Å². The van der Waals surface area contributed by atoms with E-state index in [1.807, 2.05) is 54.6 Å². The number of aliphatic hydroxyl groups is 1. The van der Waals surface area contributed by atoms with E-state index in [1.165, 1.54) is 26.0 Å². The maximum Gasteiger partial charge on any atom is 0 e. The molecule has 7 rings (SSSR count). The van der Waals surface area contributed by atoms with Crippen LogP contribution in [0.25, 0.3) is 65.5 Å². The van der Waals surface area contributed by atoms with Gasteiger partial charge in [0.25, 0.3) is 0 Å². The third-order valence-electron chi connectivity index (χ3n) is 8.65. The molecule has 7 aromatic rings. The number of pyridine rings is 1. The summed E-state index contributed by atoms with van der Waals surface area (Å²) in [7, 11) is 0. The molecule has 0 amide bonds. The van der Waals surface area contributed by atoms with Crippen molar-refractivity contribution >= 4 is 66.5 Å². The first-order valence-electron chi connectivity index (χ1n) is 16.1. The molecule has 0 aliphatic carbocycles. The summed E-state index contributed by atoms with van der Waals surface area (Å²) in [5.74, 6) is 6.48. The molecule has 0 atom stereocenters. The Morgan fingerprint density at radius 3 is 2.08 bits per heavy atom. The Bertz CT molecular complexity index is 2480. The van der Waals surface area contributed by atoms with Crippen LogP contribution >= 0.6 is 0 Å². The molecule has 0 saturated heterocycles. The van der Waals surface area contributed by atoms with Crippen molar-refractivity contribution in [3.63, 3.8) is 0 Å². The molecule has 0 aliphatic heterocycles. The number of alkyl halides is 3. The fraction of sp³-hybridized carbons (Fsp3) is 0.143. The minimum absolute atomic E-state index is 0. The maximum atomic E-state index is 15.2. The number of hydrogen-bond donors (Lipinski definition) is 1. The monoisotopic (exact) mass is 927 g/mol. The summed E-state index contributed by atoms with van der Waals surface area (Å²) in [6.07, 6.45) is -1.72. The Balaban J connectivity index is 0.000000574. The van der Waals surface area contributed by atoms with E-state index in [4.69, 9.17) is 5.11 Å². The summed E-state index contributed by atoms with van der Waals surface area (Å²) < 4.78 is 58.5. The van der Waals surface area contributed by atoms with E-state index in [0.29, 0.717) is 22.2 Å². The molecule has 1 aromatic heterocycles. The van der Waals surface area contributed by atoms with Crippen LogP contribution in [0, 0.1) is 11.9 Å². The van der Waals surface area contributed by atoms with E-state index in [9.17, 15) is 18.0 Å². The SMILES string of the molecule is CC(=O)/C=C(/C)O.[CH3][Ge]([CH3])([CH3])[c]1ccc(-c2ccc3c(ccc4c5ccnc(-c6[c-]c7ccccc7c(C(F)(F)F)c6)c5ccc34)c2)c(F)c1.[Ir]. The van der Waals surface area contributed by atoms with E-state index in [2.05, 4.69) is 34.4 Å². The average molecular weight is 926 g/mol. The Morgan fingerprint density at radius 2 is 1.43 bits per heavy atom. The molecule has 261 valence electrons. The molecule has 1 radical (unpaired) electrons. The molecule has 0 aliphatic rings. The quantitative estimate of drug-likeness (QED) is 0.0478. The van der Waals surface area contributed by atoms with Crippen molar-refractivity contribution in [2.75, 3.05) is 0 Å². The van der Waals surface area contributed by atoms with Crippen molar-refractivity contribution < 1.29 is 47.6 Å². The maximum absolute atomic E-state index is 15.2. The number of allylic oxidation sites excluding steroid dienone is 2. The minimum Gasteiger partial charge on any atom is 0 e. The Kier molecular flexibility index (Phi) is 10.9. The van der Waals surface area contributed by atoms with Gasteiger partial charge in [0.15, 0.2) is 5.78 Å². The van der Waals surface area contributed by atoms with Gasteiger partial charge in [-0.1, -0.05) is 29.1 Å². The van der Waals surface area contributed by atoms with Crippen molar-refractivity contribution in [2.45, 2.75) is 37.3 Å². The van der Waals surface area contributed by atoms with Gasteiger partial charge in [0.1, 0.15) is 0 Å². The summed E-state index contributed by atoms with van der Waals surface area (Å²) in [6.45, 7) is 2.85. The number of hydrogen-bond acceptors (Lipinski definition) is 3. The summed E-state index contributed by atoms with van der Waals surface area (Å²) >= 11 is -2.15. The topological polar surface area (TPSA) is 50.2 Å². The average Bonchev–Trinajstić information content (AvgIpc) is 3.05. The van der Waals surface area contributed by atoms with Crippen LogP contribution in [0.2, 0.25) is 17.3 Å². The van der Waals surface area contributed by atoms with Crippen molar-refractivity contribution in [2.24, 2.45) is 0 Å². The van der Waals surface area contributed by atoms with Crippen LogP contribution in [-0.2, 0) is 31.1 Å². The third kappa shape index (κ3) is 7.94. The van der Waals surface area contributed by atoms with E-state index in [1.54, 1.807) is 30.5 Å². The number of carbonyl (C=O) groups excluding carboxylic acids is 1. The van der Waals surface area contributed by atoms with Crippen LogP contribution in [0.4, 0.5) is 17.6 Å². The van der Waals surface area contributed by atoms with Gasteiger partial charge in [0.05, 0.1) is 5.76 Å². The molecule has 6 aromatic carbocycles. The predicted molar refractivity (Wildman–Crippen MR) is 199 cm³/mol. The first-order valence-corrected chi connectivity index (χ1v) is 23.4. The number of aromatic nitrogens is 1. The Labute approximate surface area is 309 Å². The second-order valence-electron chi connectivity index (χ2n) is 13.4. The standard InChI is InChI=1S/C37H26F4GeN.C5H8O2.Ir/c1-42(2,3)26-10-13-29(35(38)21-26)24-8-11-27-23(18-24)9-12-31-30(27)14-15-33-32(31)16-17-43-36(33)25-19-22-6-4-5-7-28(22)34(20-25)37(39,40)41;1-4(6)3-5(2)7;/h4-18,20-21H,1-3H3;3,6H,1-2H3;/q-1;;/b;4-3-;. The van der Waals surface area contributed by atoms with Gasteiger partial charge in [-0.2, -0.15) is 13.2 Å². The predicted octanol–water partition coefficient (Wildman–Crippen LogP) is 11.6. The smallest absolute Gasteiger partial charge is 0 e. The summed E-state index contributed by atoms with van der Waals surface area (Å²) in [4.78, 5) is 14.5. The van der Waals surface area contributed by atoms with Crippen molar-refractivity contribution in [3.05, 3.63) is 133 Å². The number of rotatable bonds is 4. The fourth-order valence-corrected chi connectivity index (χ4v) is 8.69. The van der Waals surface area contributed by atoms with Crippen LogP contribution in [0.15, 0.2) is 115 Å². The second kappa shape index (κ2) is 14.7. The van der Waals surface area contributed by atoms with Crippen LogP contribution in [0.5, 0.6) is 0 Å². The van der Waals surface area contributed by atoms with Gasteiger partial charge in [-0.05, 0) is 19.4 Å². The van der Waals surface area contributed by atoms with E-state index in [-0.39, 0.29) is 42.9 Å². The molecule has 1 N–H and O–H groups in total. The normalized spacial score (nSPS) is 12.1. The third-order valence-corrected chi connectivity index (χ3v) is 12.9. The molecule has 0 saturated carbocycles. The van der Waals surface area contributed by atoms with E-state index >= 15 is 4.39 Å². The number of carbonyl (C=O) groups is 1. The zero-order valence-electron chi connectivity index (χ0n) is 28.5. The van der Waals surface area contributed by atoms with Crippen LogP contribution in [0.1, 0.15) is 19.4 Å². The Hall–Kier alpha value is -4.37. The second-order valence-corrected chi connectivity index (χ2v) is 24.1. The van der Waals surface area contributed by atoms with Crippen molar-refractivity contribution in [1.82, 2.24) is 4.98 Å². The van der Waals surface area contributed by atoms with Crippen LogP contribution in [-0.4, -0.2) is 29.1 Å². The first-order chi connectivity index (χ1) is 23.6. The zero-order chi connectivity index (χ0) is 36.0. The molecule has 0 spiro atoms. The summed E-state index contributed by atoms with van der Waals surface area (Å²) in [6, 6.07) is 32.2. The molecular weight excluding hydrogens is 891 g/mol. The van der Waals surface area contributed by atoms with Crippen LogP contribution in [0.3, 0.4) is 0 Å². The van der Waals surface area contributed by atoms with Crippen LogP contribution < -0.4 is 4.40 Å². The molecule has 0 unspecified atom stereocenters. The Morgan fingerprint density at radius 1 is 0.784 bits per heavy atom. The van der Waals surface area contributed by atoms with Gasteiger partial charge in [-0.25, -0.2) is 0 Å². The van der Waals surface area contributed by atoms with Gasteiger partial charge < -0.3 is 5.11 Å². The van der Waals surface area contributed by atoms with Crippen molar-refractivity contribution in [1.29, 1.82) is 0 Å². The molecular formula is C42H34F4GeIrNO2-. The summed E-state index contributed by atoms with van der Waals surface area (Å²) in [5, 5.41) is 14.5. The molecule has 9 heteroatoms. The molecule has 3 nitrogen and oxygen atoms in total. The fourth-order valence-electron chi connectivity index (χ4n) is 6.30. The molecule has 0 bridgehead atoms. The van der Waals surface area contributed by atoms with E-state index in [0.717, 1.165) is 48.3 Å². The minimum atomic E-state index is -4.52. The number of nitrogens with zero attached hydrogens (tertiary/aromatic N) is 1. The van der Waals surface area contributed by atoms with Gasteiger partial charge in [-0.3, -0.25) is 9.78 Å². The van der Waals surface area contributed by atoms with Gasteiger partial charge in [0.2, 0.25) is 0 Å². The van der Waals surface area contributed by atoms with E-state index < -0.39 is 25.0 Å². The van der Waals surface area contributed by atoms with Crippen molar-refractivity contribution in [3.8, 4) is 22.4 Å². The first kappa shape index (κ1) is 37.9. The number of fused-ring (bicyclic) bond motifs is 6. The number of benzene rings is 6. The molecule has 51 heavy (non-hydrogen) atoms. The zero-order valence-corrected chi connectivity index (χ0v) is 33.0. The molecule has 1 heterocycles. The molecule has 0 fully saturated rings. The summed E-state index contributed by atoms with van der Waals surface area (Å²) in [5.41, 5.74) is 1.44. The van der Waals surface area contributed by atoms with Gasteiger partial charge in [0, 0.05) is 38.1 Å². The number of aliphatic hydroxyl groups excluding tert-OH is 1. The van der Waals surface area contributed by atoms with Gasteiger partial charge in [-0.15, -0.1) is 23.6 Å². The largest absolute Gasteiger partial charge is 0 e. The number of halogens is 4.